The van der Waals surface area contributed by atoms with Gasteiger partial charge in [0, 0.05) is 23.2 Å². The number of fused-ring (bicyclic) bond motifs is 2. The molecular weight excluding hydrogens is 434 g/mol. The number of aromatic hydroxyl groups is 1. The molecule has 0 radical (unpaired) electrons. The van der Waals surface area contributed by atoms with Crippen LogP contribution in [0.3, 0.4) is 0 Å². The molecule has 0 atom stereocenters. The van der Waals surface area contributed by atoms with E-state index < -0.39 is 0 Å². The van der Waals surface area contributed by atoms with Gasteiger partial charge in [0.15, 0.2) is 11.6 Å². The Morgan fingerprint density at radius 1 is 0.829 bits per heavy atom. The molecular formula is C31H33NO3. The topological polar surface area (TPSA) is 66.4 Å². The number of ketones is 2. The fourth-order valence-electron chi connectivity index (χ4n) is 5.99. The summed E-state index contributed by atoms with van der Waals surface area (Å²) >= 11 is 0. The predicted octanol–water partition coefficient (Wildman–Crippen LogP) is 7.34. The number of phenols is 1. The van der Waals surface area contributed by atoms with Crippen molar-refractivity contribution < 1.29 is 14.7 Å². The molecule has 3 aromatic carbocycles. The van der Waals surface area contributed by atoms with Crippen molar-refractivity contribution in [1.82, 2.24) is 0 Å². The van der Waals surface area contributed by atoms with Crippen molar-refractivity contribution in [3.05, 3.63) is 82.4 Å². The number of anilines is 1. The molecule has 0 unspecified atom stereocenters. The first-order valence-corrected chi connectivity index (χ1v) is 13.0. The second-order valence-electron chi connectivity index (χ2n) is 9.93. The number of carbonyl (C=O) groups is 2. The monoisotopic (exact) mass is 467 g/mol. The lowest BCUT2D eigenvalue weighted by Gasteiger charge is -2.29. The molecule has 0 saturated heterocycles. The van der Waals surface area contributed by atoms with Crippen LogP contribution in [0.15, 0.2) is 54.6 Å². The Morgan fingerprint density at radius 2 is 1.46 bits per heavy atom. The number of benzene rings is 3. The highest BCUT2D eigenvalue weighted by Crippen LogP contribution is 2.44. The highest BCUT2D eigenvalue weighted by Gasteiger charge is 2.35. The molecule has 2 aliphatic rings. The first kappa shape index (κ1) is 23.3. The maximum absolute atomic E-state index is 13.5. The summed E-state index contributed by atoms with van der Waals surface area (Å²) in [4.78, 5) is 26.7. The van der Waals surface area contributed by atoms with E-state index in [0.717, 1.165) is 17.0 Å². The Morgan fingerprint density at radius 3 is 2.06 bits per heavy atom. The molecule has 0 aromatic heterocycles. The van der Waals surface area contributed by atoms with Crippen molar-refractivity contribution in [2.45, 2.75) is 58.3 Å². The van der Waals surface area contributed by atoms with E-state index >= 15 is 0 Å². The van der Waals surface area contributed by atoms with Crippen LogP contribution in [-0.4, -0.2) is 23.2 Å². The van der Waals surface area contributed by atoms with E-state index in [0.29, 0.717) is 29.3 Å². The second-order valence-corrected chi connectivity index (χ2v) is 9.93. The molecule has 180 valence electrons. The van der Waals surface area contributed by atoms with Crippen molar-refractivity contribution in [3.63, 3.8) is 0 Å². The van der Waals surface area contributed by atoms with Crippen molar-refractivity contribution in [3.8, 4) is 16.9 Å². The van der Waals surface area contributed by atoms with Gasteiger partial charge < -0.3 is 10.4 Å². The first-order valence-electron chi connectivity index (χ1n) is 13.0. The number of hydrogen-bond acceptors (Lipinski definition) is 4. The summed E-state index contributed by atoms with van der Waals surface area (Å²) in [6.07, 6.45) is 7.70. The number of carbonyl (C=O) groups excluding carboxylic acids is 2. The summed E-state index contributed by atoms with van der Waals surface area (Å²) in [5.74, 6) is 0.777. The minimum Gasteiger partial charge on any atom is -0.507 e. The molecule has 4 nitrogen and oxygen atoms in total. The van der Waals surface area contributed by atoms with Gasteiger partial charge in [0.2, 0.25) is 0 Å². The minimum atomic E-state index is -0.313. The molecule has 0 heterocycles. The normalized spacial score (nSPS) is 19.3. The molecule has 4 heteroatoms. The van der Waals surface area contributed by atoms with Gasteiger partial charge in [-0.2, -0.15) is 0 Å². The quantitative estimate of drug-likeness (QED) is 0.291. The van der Waals surface area contributed by atoms with E-state index in [9.17, 15) is 14.7 Å². The summed E-state index contributed by atoms with van der Waals surface area (Å²) in [5, 5.41) is 14.3. The molecule has 35 heavy (non-hydrogen) atoms. The molecule has 0 spiro atoms. The largest absolute Gasteiger partial charge is 0.507 e. The lowest BCUT2D eigenvalue weighted by atomic mass is 9.77. The van der Waals surface area contributed by atoms with Gasteiger partial charge in [-0.15, -0.1) is 0 Å². The van der Waals surface area contributed by atoms with Crippen LogP contribution >= 0.6 is 0 Å². The number of hydrogen-bond donors (Lipinski definition) is 2. The van der Waals surface area contributed by atoms with E-state index in [1.807, 2.05) is 6.92 Å². The van der Waals surface area contributed by atoms with Crippen LogP contribution in [0.5, 0.6) is 5.75 Å². The zero-order valence-electron chi connectivity index (χ0n) is 20.6. The summed E-state index contributed by atoms with van der Waals surface area (Å²) in [6.45, 7) is 4.82. The average Bonchev–Trinajstić information content (AvgIpc) is 2.89. The summed E-state index contributed by atoms with van der Waals surface area (Å²) in [5.41, 5.74) is 4.71. The molecule has 0 amide bonds. The molecule has 2 aliphatic carbocycles. The van der Waals surface area contributed by atoms with E-state index in [1.165, 1.54) is 44.1 Å². The van der Waals surface area contributed by atoms with Gasteiger partial charge in [0.05, 0.1) is 16.8 Å². The van der Waals surface area contributed by atoms with E-state index in [2.05, 4.69) is 36.5 Å². The molecule has 2 N–H and O–H groups in total. The number of nitrogens with one attached hydrogen (secondary N) is 1. The Kier molecular flexibility index (Phi) is 6.46. The van der Waals surface area contributed by atoms with Gasteiger partial charge in [-0.25, -0.2) is 0 Å². The van der Waals surface area contributed by atoms with Gasteiger partial charge in [-0.05, 0) is 61.6 Å². The zero-order chi connectivity index (χ0) is 24.5. The van der Waals surface area contributed by atoms with E-state index in [-0.39, 0.29) is 28.4 Å². The van der Waals surface area contributed by atoms with Crippen molar-refractivity contribution in [2.75, 3.05) is 11.9 Å². The first-order chi connectivity index (χ1) is 17.0. The molecule has 0 bridgehead atoms. The fourth-order valence-corrected chi connectivity index (χ4v) is 5.99. The smallest absolute Gasteiger partial charge is 0.198 e. The molecule has 5 rings (SSSR count). The Labute approximate surface area is 207 Å². The van der Waals surface area contributed by atoms with Crippen molar-refractivity contribution in [2.24, 2.45) is 5.92 Å². The zero-order valence-corrected chi connectivity index (χ0v) is 20.6. The highest BCUT2D eigenvalue weighted by molar-refractivity contribution is 6.31. The second kappa shape index (κ2) is 9.69. The Hall–Kier alpha value is -3.40. The van der Waals surface area contributed by atoms with Crippen LogP contribution in [0, 0.1) is 5.92 Å². The lowest BCUT2D eigenvalue weighted by Crippen LogP contribution is -2.23. The third-order valence-electron chi connectivity index (χ3n) is 7.77. The van der Waals surface area contributed by atoms with Crippen LogP contribution < -0.4 is 5.32 Å². The molecule has 3 aromatic rings. The Bertz CT molecular complexity index is 1270. The molecule has 1 saturated carbocycles. The van der Waals surface area contributed by atoms with Gasteiger partial charge in [0.1, 0.15) is 5.75 Å². The van der Waals surface area contributed by atoms with Crippen molar-refractivity contribution in [1.29, 1.82) is 0 Å². The standard InChI is InChI=1S/C31H33NO3/c1-3-7-19-10-12-20(13-11-19)21-14-16-22(17-15-21)25-18-26(33)27-28(29(25)32-4-2)31(35)24-9-6-5-8-23(24)30(27)34/h5-6,8-9,14-20,32-33H,3-4,7,10-13H2,1-2H3. The summed E-state index contributed by atoms with van der Waals surface area (Å²) in [7, 11) is 0. The highest BCUT2D eigenvalue weighted by atomic mass is 16.3. The van der Waals surface area contributed by atoms with E-state index in [4.69, 9.17) is 0 Å². The van der Waals surface area contributed by atoms with Gasteiger partial charge in [-0.1, -0.05) is 68.3 Å². The fraction of sp³-hybridized carbons (Fsp3) is 0.355. The maximum Gasteiger partial charge on any atom is 0.198 e. The van der Waals surface area contributed by atoms with Crippen LogP contribution in [0.2, 0.25) is 0 Å². The summed E-state index contributed by atoms with van der Waals surface area (Å²) in [6, 6.07) is 17.0. The van der Waals surface area contributed by atoms with E-state index in [1.54, 1.807) is 30.3 Å². The lowest BCUT2D eigenvalue weighted by molar-refractivity contribution is 0.0977. The molecule has 0 aliphatic heterocycles. The Balaban J connectivity index is 1.52. The van der Waals surface area contributed by atoms with Gasteiger partial charge in [0.25, 0.3) is 0 Å². The van der Waals surface area contributed by atoms with Crippen molar-refractivity contribution >= 4 is 17.3 Å². The van der Waals surface area contributed by atoms with Crippen LogP contribution in [-0.2, 0) is 0 Å². The minimum absolute atomic E-state index is 0.0915. The number of phenolic OH excluding ortho intramolecular Hbond substituents is 1. The number of rotatable bonds is 6. The summed E-state index contributed by atoms with van der Waals surface area (Å²) < 4.78 is 0. The van der Waals surface area contributed by atoms with Gasteiger partial charge in [-0.3, -0.25) is 9.59 Å². The third kappa shape index (κ3) is 4.16. The SMILES string of the molecule is CCCC1CCC(c2ccc(-c3cc(O)c4c(c3NCC)C(=O)c3ccccc3C4=O)cc2)CC1. The third-order valence-corrected chi connectivity index (χ3v) is 7.77. The maximum atomic E-state index is 13.5. The predicted molar refractivity (Wildman–Crippen MR) is 141 cm³/mol. The van der Waals surface area contributed by atoms with Crippen LogP contribution in [0.4, 0.5) is 5.69 Å². The average molecular weight is 468 g/mol. The van der Waals surface area contributed by atoms with Crippen LogP contribution in [0.1, 0.15) is 95.7 Å². The van der Waals surface area contributed by atoms with Crippen LogP contribution in [0.25, 0.3) is 11.1 Å². The molecule has 1 fully saturated rings. The van der Waals surface area contributed by atoms with Gasteiger partial charge >= 0.3 is 0 Å².